The first-order chi connectivity index (χ1) is 10.8. The average molecular weight is 337 g/mol. The van der Waals surface area contributed by atoms with E-state index in [9.17, 15) is 9.59 Å². The molecular weight excluding hydrogens is 316 g/mol. The molecule has 0 aliphatic carbocycles. The monoisotopic (exact) mass is 336 g/mol. The SMILES string of the molecule is Cc1ccc(Cl)cc1NC1=N[C@H](C(C)C)C(=O)N1CCC(N)=O. The number of amides is 2. The van der Waals surface area contributed by atoms with Crippen LogP contribution < -0.4 is 11.1 Å². The molecule has 3 N–H and O–H groups in total. The van der Waals surface area contributed by atoms with Gasteiger partial charge in [-0.1, -0.05) is 31.5 Å². The number of guanidine groups is 1. The van der Waals surface area contributed by atoms with E-state index in [1.54, 1.807) is 12.1 Å². The molecule has 6 nitrogen and oxygen atoms in total. The Bertz CT molecular complexity index is 657. The van der Waals surface area contributed by atoms with E-state index < -0.39 is 11.9 Å². The number of aryl methyl sites for hydroxylation is 1. The molecule has 0 spiro atoms. The number of carbonyl (C=O) groups excluding carboxylic acids is 2. The third-order valence-electron chi connectivity index (χ3n) is 3.70. The lowest BCUT2D eigenvalue weighted by molar-refractivity contribution is -0.128. The van der Waals surface area contributed by atoms with E-state index in [-0.39, 0.29) is 24.8 Å². The number of carbonyl (C=O) groups is 2. The standard InChI is InChI=1S/C16H21ClN4O2/c1-9(2)14-15(23)21(7-6-13(18)22)16(20-14)19-12-8-11(17)5-4-10(12)3/h4-5,8-9,14H,6-7H2,1-3H3,(H2,18,22)(H,19,20)/t14-/m1/s1. The lowest BCUT2D eigenvalue weighted by atomic mass is 10.1. The second-order valence-corrected chi connectivity index (χ2v) is 6.37. The summed E-state index contributed by atoms with van der Waals surface area (Å²) in [5.41, 5.74) is 6.95. The van der Waals surface area contributed by atoms with Gasteiger partial charge >= 0.3 is 0 Å². The smallest absolute Gasteiger partial charge is 0.254 e. The van der Waals surface area contributed by atoms with Crippen LogP contribution in [0.5, 0.6) is 0 Å². The minimum atomic E-state index is -0.455. The molecule has 0 unspecified atom stereocenters. The number of anilines is 1. The van der Waals surface area contributed by atoms with Crippen LogP contribution in [0.15, 0.2) is 23.2 Å². The number of nitrogens with two attached hydrogens (primary N) is 1. The van der Waals surface area contributed by atoms with Crippen molar-refractivity contribution in [3.05, 3.63) is 28.8 Å². The van der Waals surface area contributed by atoms with Gasteiger partial charge < -0.3 is 11.1 Å². The van der Waals surface area contributed by atoms with Crippen molar-refractivity contribution in [3.63, 3.8) is 0 Å². The molecular formula is C16H21ClN4O2. The van der Waals surface area contributed by atoms with Crippen molar-refractivity contribution < 1.29 is 9.59 Å². The van der Waals surface area contributed by atoms with Crippen molar-refractivity contribution in [3.8, 4) is 0 Å². The normalized spacial score (nSPS) is 17.6. The fourth-order valence-corrected chi connectivity index (χ4v) is 2.51. The zero-order chi connectivity index (χ0) is 17.1. The number of halogens is 1. The summed E-state index contributed by atoms with van der Waals surface area (Å²) in [6, 6.07) is 5.00. The summed E-state index contributed by atoms with van der Waals surface area (Å²) in [4.78, 5) is 29.5. The van der Waals surface area contributed by atoms with Crippen molar-refractivity contribution in [1.29, 1.82) is 0 Å². The molecule has 0 radical (unpaired) electrons. The Labute approximate surface area is 140 Å². The summed E-state index contributed by atoms with van der Waals surface area (Å²) in [5, 5.41) is 3.75. The Morgan fingerprint density at radius 2 is 2.17 bits per heavy atom. The number of hydrogen-bond donors (Lipinski definition) is 2. The third-order valence-corrected chi connectivity index (χ3v) is 3.93. The molecule has 0 saturated carbocycles. The predicted octanol–water partition coefficient (Wildman–Crippen LogP) is 2.16. The summed E-state index contributed by atoms with van der Waals surface area (Å²) >= 11 is 6.03. The van der Waals surface area contributed by atoms with E-state index >= 15 is 0 Å². The average Bonchev–Trinajstić information content (AvgIpc) is 2.77. The van der Waals surface area contributed by atoms with E-state index in [2.05, 4.69) is 10.3 Å². The van der Waals surface area contributed by atoms with Crippen LogP contribution in [0.1, 0.15) is 25.8 Å². The van der Waals surface area contributed by atoms with Gasteiger partial charge in [-0.05, 0) is 30.5 Å². The fraction of sp³-hybridized carbons (Fsp3) is 0.438. The Balaban J connectivity index is 2.27. The van der Waals surface area contributed by atoms with Gasteiger partial charge in [0.05, 0.1) is 0 Å². The Kier molecular flexibility index (Phi) is 5.26. The highest BCUT2D eigenvalue weighted by molar-refractivity contribution is 6.31. The number of hydrogen-bond acceptors (Lipinski definition) is 4. The van der Waals surface area contributed by atoms with Gasteiger partial charge in [-0.25, -0.2) is 4.99 Å². The Morgan fingerprint density at radius 1 is 1.48 bits per heavy atom. The fourth-order valence-electron chi connectivity index (χ4n) is 2.34. The lowest BCUT2D eigenvalue weighted by Crippen LogP contribution is -2.41. The van der Waals surface area contributed by atoms with Gasteiger partial charge in [-0.3, -0.25) is 14.5 Å². The van der Waals surface area contributed by atoms with E-state index in [0.29, 0.717) is 11.0 Å². The van der Waals surface area contributed by atoms with Crippen LogP contribution in [-0.2, 0) is 9.59 Å². The molecule has 1 aromatic carbocycles. The van der Waals surface area contributed by atoms with Gasteiger partial charge in [0.1, 0.15) is 6.04 Å². The molecule has 7 heteroatoms. The van der Waals surface area contributed by atoms with Crippen LogP contribution in [0.25, 0.3) is 0 Å². The molecule has 1 aliphatic rings. The zero-order valence-corrected chi connectivity index (χ0v) is 14.2. The highest BCUT2D eigenvalue weighted by Crippen LogP contribution is 2.24. The van der Waals surface area contributed by atoms with E-state index in [1.807, 2.05) is 26.8 Å². The quantitative estimate of drug-likeness (QED) is 0.863. The van der Waals surface area contributed by atoms with Gasteiger partial charge in [0.25, 0.3) is 5.91 Å². The molecule has 0 aromatic heterocycles. The van der Waals surface area contributed by atoms with Crippen molar-refractivity contribution in [2.24, 2.45) is 16.6 Å². The topological polar surface area (TPSA) is 87.8 Å². The summed E-state index contributed by atoms with van der Waals surface area (Å²) in [6.45, 7) is 6.02. The molecule has 1 atom stereocenters. The molecule has 0 bridgehead atoms. The molecule has 2 amide bonds. The largest absolute Gasteiger partial charge is 0.370 e. The molecule has 1 aromatic rings. The second-order valence-electron chi connectivity index (χ2n) is 5.93. The first kappa shape index (κ1) is 17.3. The van der Waals surface area contributed by atoms with E-state index in [4.69, 9.17) is 17.3 Å². The maximum absolute atomic E-state index is 12.5. The molecule has 0 fully saturated rings. The Morgan fingerprint density at radius 3 is 2.78 bits per heavy atom. The van der Waals surface area contributed by atoms with Crippen LogP contribution in [0.4, 0.5) is 5.69 Å². The van der Waals surface area contributed by atoms with Crippen molar-refractivity contribution in [1.82, 2.24) is 4.90 Å². The summed E-state index contributed by atoms with van der Waals surface area (Å²) < 4.78 is 0. The number of nitrogens with one attached hydrogen (secondary N) is 1. The van der Waals surface area contributed by atoms with E-state index in [0.717, 1.165) is 11.3 Å². The zero-order valence-electron chi connectivity index (χ0n) is 13.5. The highest BCUT2D eigenvalue weighted by Gasteiger charge is 2.36. The summed E-state index contributed by atoms with van der Waals surface area (Å²) in [6.07, 6.45) is 0.0891. The van der Waals surface area contributed by atoms with Crippen molar-refractivity contribution in [2.45, 2.75) is 33.2 Å². The minimum Gasteiger partial charge on any atom is -0.370 e. The lowest BCUT2D eigenvalue weighted by Gasteiger charge is -2.20. The first-order valence-electron chi connectivity index (χ1n) is 7.50. The first-order valence-corrected chi connectivity index (χ1v) is 7.88. The van der Waals surface area contributed by atoms with Gasteiger partial charge in [-0.2, -0.15) is 0 Å². The summed E-state index contributed by atoms with van der Waals surface area (Å²) in [7, 11) is 0. The maximum atomic E-state index is 12.5. The van der Waals surface area contributed by atoms with Crippen molar-refractivity contribution in [2.75, 3.05) is 11.9 Å². The number of nitrogens with zero attached hydrogens (tertiary/aromatic N) is 2. The van der Waals surface area contributed by atoms with Crippen LogP contribution in [0.2, 0.25) is 5.02 Å². The van der Waals surface area contributed by atoms with Gasteiger partial charge in [0.15, 0.2) is 0 Å². The van der Waals surface area contributed by atoms with Crippen molar-refractivity contribution >= 4 is 35.1 Å². The molecule has 1 aliphatic heterocycles. The van der Waals surface area contributed by atoms with Crippen LogP contribution in [0, 0.1) is 12.8 Å². The van der Waals surface area contributed by atoms with E-state index in [1.165, 1.54) is 4.90 Å². The third kappa shape index (κ3) is 4.01. The maximum Gasteiger partial charge on any atom is 0.254 e. The predicted molar refractivity (Wildman–Crippen MR) is 91.4 cm³/mol. The highest BCUT2D eigenvalue weighted by atomic mass is 35.5. The number of benzene rings is 1. The number of primary amides is 1. The van der Waals surface area contributed by atoms with Gasteiger partial charge in [0, 0.05) is 23.7 Å². The molecule has 2 rings (SSSR count). The molecule has 124 valence electrons. The van der Waals surface area contributed by atoms with Gasteiger partial charge in [-0.15, -0.1) is 0 Å². The molecule has 0 saturated heterocycles. The van der Waals surface area contributed by atoms with Crippen LogP contribution in [0.3, 0.4) is 0 Å². The van der Waals surface area contributed by atoms with Gasteiger partial charge in [0.2, 0.25) is 11.9 Å². The number of rotatable bonds is 5. The molecule has 1 heterocycles. The Hall–Kier alpha value is -2.08. The number of aliphatic imine (C=N–C) groups is 1. The molecule has 23 heavy (non-hydrogen) atoms. The van der Waals surface area contributed by atoms with Crippen LogP contribution in [-0.4, -0.2) is 35.3 Å². The minimum absolute atomic E-state index is 0.0679. The summed E-state index contributed by atoms with van der Waals surface area (Å²) in [5.74, 6) is -0.0776. The van der Waals surface area contributed by atoms with Crippen LogP contribution >= 0.6 is 11.6 Å². The second kappa shape index (κ2) is 7.00.